The molecule has 1 atom stereocenters. The van der Waals surface area contributed by atoms with Gasteiger partial charge in [-0.1, -0.05) is 0 Å². The first-order valence-electron chi connectivity index (χ1n) is 7.98. The molecule has 1 saturated heterocycles. The minimum atomic E-state index is 0.241. The maximum Gasteiger partial charge on any atom is 0.163 e. The number of fused-ring (bicyclic) bond motifs is 1. The van der Waals surface area contributed by atoms with E-state index in [9.17, 15) is 0 Å². The highest BCUT2D eigenvalue weighted by atomic mass is 16.5. The number of hydrogen-bond donors (Lipinski definition) is 2. The van der Waals surface area contributed by atoms with Crippen LogP contribution in [0.2, 0.25) is 0 Å². The van der Waals surface area contributed by atoms with Crippen molar-refractivity contribution in [1.82, 2.24) is 30.0 Å². The minimum Gasteiger partial charge on any atom is -0.489 e. The number of nitrogens with zero attached hydrogens (tertiary/aromatic N) is 5. The van der Waals surface area contributed by atoms with E-state index >= 15 is 0 Å². The van der Waals surface area contributed by atoms with Gasteiger partial charge in [0, 0.05) is 25.9 Å². The number of hydrogen-bond acceptors (Lipinski definition) is 7. The van der Waals surface area contributed by atoms with Crippen molar-refractivity contribution in [2.75, 3.05) is 18.4 Å². The maximum atomic E-state index is 5.97. The Kier molecular flexibility index (Phi) is 3.96. The molecule has 4 heterocycles. The first-order chi connectivity index (χ1) is 11.8. The Labute approximate surface area is 139 Å². The summed E-state index contributed by atoms with van der Waals surface area (Å²) in [5.74, 6) is 1.60. The Morgan fingerprint density at radius 1 is 1.38 bits per heavy atom. The summed E-state index contributed by atoms with van der Waals surface area (Å²) in [5.41, 5.74) is 1.69. The van der Waals surface area contributed by atoms with Crippen LogP contribution in [-0.2, 0) is 13.6 Å². The zero-order valence-corrected chi connectivity index (χ0v) is 13.4. The Bertz CT molecular complexity index is 841. The zero-order valence-electron chi connectivity index (χ0n) is 13.4. The topological polar surface area (TPSA) is 89.8 Å². The molecule has 1 fully saturated rings. The molecule has 0 amide bonds. The third-order valence-electron chi connectivity index (χ3n) is 4.07. The molecule has 1 unspecified atom stereocenters. The van der Waals surface area contributed by atoms with Crippen molar-refractivity contribution >= 4 is 16.9 Å². The molecule has 0 bridgehead atoms. The monoisotopic (exact) mass is 325 g/mol. The van der Waals surface area contributed by atoms with E-state index in [0.717, 1.165) is 47.8 Å². The summed E-state index contributed by atoms with van der Waals surface area (Å²) in [6.45, 7) is 2.47. The van der Waals surface area contributed by atoms with Crippen LogP contribution in [-0.4, -0.2) is 43.9 Å². The van der Waals surface area contributed by atoms with E-state index in [1.54, 1.807) is 17.1 Å². The van der Waals surface area contributed by atoms with E-state index < -0.39 is 0 Å². The average molecular weight is 325 g/mol. The van der Waals surface area contributed by atoms with Crippen LogP contribution in [0, 0.1) is 0 Å². The molecule has 0 spiro atoms. The molecule has 0 radical (unpaired) electrons. The molecule has 0 aliphatic carbocycles. The Hall–Kier alpha value is -2.74. The molecule has 0 saturated carbocycles. The molecule has 3 aromatic rings. The molecule has 3 aromatic heterocycles. The summed E-state index contributed by atoms with van der Waals surface area (Å²) in [7, 11) is 1.86. The van der Waals surface area contributed by atoms with Crippen molar-refractivity contribution in [1.29, 1.82) is 0 Å². The van der Waals surface area contributed by atoms with Crippen molar-refractivity contribution < 1.29 is 4.74 Å². The second-order valence-electron chi connectivity index (χ2n) is 5.80. The number of rotatable bonds is 5. The van der Waals surface area contributed by atoms with Crippen molar-refractivity contribution in [2.24, 2.45) is 7.05 Å². The van der Waals surface area contributed by atoms with Crippen LogP contribution in [0.25, 0.3) is 11.0 Å². The summed E-state index contributed by atoms with van der Waals surface area (Å²) in [4.78, 5) is 12.9. The van der Waals surface area contributed by atoms with Gasteiger partial charge in [-0.15, -0.1) is 0 Å². The van der Waals surface area contributed by atoms with Gasteiger partial charge in [-0.05, 0) is 19.0 Å². The standard InChI is InChI=1S/C16H19N7O/c1-23-16-14(9-22-23)15(20-10-21-16)19-7-11-6-12(3-5-18-11)24-13-2-4-17-8-13/h3,5-6,9-10,13,17H,2,4,7-8H2,1H3,(H,19,20,21). The lowest BCUT2D eigenvalue weighted by atomic mass is 10.3. The number of aryl methyl sites for hydroxylation is 1. The quantitative estimate of drug-likeness (QED) is 0.726. The van der Waals surface area contributed by atoms with Gasteiger partial charge < -0.3 is 15.4 Å². The molecular weight excluding hydrogens is 306 g/mol. The highest BCUT2D eigenvalue weighted by Crippen LogP contribution is 2.20. The second kappa shape index (κ2) is 6.40. The van der Waals surface area contributed by atoms with Crippen LogP contribution in [0.15, 0.2) is 30.9 Å². The van der Waals surface area contributed by atoms with Crippen LogP contribution in [0.1, 0.15) is 12.1 Å². The van der Waals surface area contributed by atoms with Crippen LogP contribution in [0.3, 0.4) is 0 Å². The number of ether oxygens (including phenoxy) is 1. The largest absolute Gasteiger partial charge is 0.489 e. The summed E-state index contributed by atoms with van der Waals surface area (Å²) in [6, 6.07) is 3.86. The van der Waals surface area contributed by atoms with Crippen LogP contribution in [0.5, 0.6) is 5.75 Å². The molecule has 8 heteroatoms. The highest BCUT2D eigenvalue weighted by molar-refractivity contribution is 5.85. The third kappa shape index (κ3) is 3.00. The van der Waals surface area contributed by atoms with E-state index in [1.807, 2.05) is 19.2 Å². The van der Waals surface area contributed by atoms with Gasteiger partial charge in [-0.3, -0.25) is 9.67 Å². The summed E-state index contributed by atoms with van der Waals surface area (Å²) < 4.78 is 7.70. The van der Waals surface area contributed by atoms with Crippen molar-refractivity contribution in [3.8, 4) is 5.75 Å². The van der Waals surface area contributed by atoms with E-state index in [2.05, 4.69) is 30.7 Å². The van der Waals surface area contributed by atoms with E-state index in [4.69, 9.17) is 4.74 Å². The minimum absolute atomic E-state index is 0.241. The van der Waals surface area contributed by atoms with Gasteiger partial charge in [0.25, 0.3) is 0 Å². The Morgan fingerprint density at radius 2 is 2.33 bits per heavy atom. The summed E-state index contributed by atoms with van der Waals surface area (Å²) in [6.07, 6.45) is 6.35. The number of nitrogens with one attached hydrogen (secondary N) is 2. The SMILES string of the molecule is Cn1ncc2c(NCc3cc(OC4CCNC4)ccn3)ncnc21. The number of aromatic nitrogens is 5. The normalized spacial score (nSPS) is 17.3. The molecule has 2 N–H and O–H groups in total. The lowest BCUT2D eigenvalue weighted by Crippen LogP contribution is -2.19. The molecule has 124 valence electrons. The van der Waals surface area contributed by atoms with E-state index in [-0.39, 0.29) is 6.10 Å². The van der Waals surface area contributed by atoms with Crippen LogP contribution >= 0.6 is 0 Å². The predicted octanol–water partition coefficient (Wildman–Crippen LogP) is 1.11. The van der Waals surface area contributed by atoms with Gasteiger partial charge in [0.15, 0.2) is 5.65 Å². The van der Waals surface area contributed by atoms with Gasteiger partial charge >= 0.3 is 0 Å². The summed E-state index contributed by atoms with van der Waals surface area (Å²) >= 11 is 0. The fraction of sp³-hybridized carbons (Fsp3) is 0.375. The van der Waals surface area contributed by atoms with Gasteiger partial charge in [0.1, 0.15) is 24.0 Å². The van der Waals surface area contributed by atoms with Crippen molar-refractivity contribution in [3.63, 3.8) is 0 Å². The first-order valence-corrected chi connectivity index (χ1v) is 7.98. The lowest BCUT2D eigenvalue weighted by Gasteiger charge is -2.13. The number of anilines is 1. The first kappa shape index (κ1) is 14.8. The highest BCUT2D eigenvalue weighted by Gasteiger charge is 2.16. The van der Waals surface area contributed by atoms with E-state index in [1.165, 1.54) is 6.33 Å². The zero-order chi connectivity index (χ0) is 16.4. The lowest BCUT2D eigenvalue weighted by molar-refractivity contribution is 0.222. The van der Waals surface area contributed by atoms with Crippen molar-refractivity contribution in [2.45, 2.75) is 19.1 Å². The average Bonchev–Trinajstić information content (AvgIpc) is 3.24. The molecule has 0 aromatic carbocycles. The van der Waals surface area contributed by atoms with Gasteiger partial charge in [0.2, 0.25) is 0 Å². The van der Waals surface area contributed by atoms with Gasteiger partial charge in [-0.25, -0.2) is 9.97 Å². The smallest absolute Gasteiger partial charge is 0.163 e. The van der Waals surface area contributed by atoms with Crippen LogP contribution in [0.4, 0.5) is 5.82 Å². The molecule has 1 aliphatic heterocycles. The van der Waals surface area contributed by atoms with E-state index in [0.29, 0.717) is 6.54 Å². The third-order valence-corrected chi connectivity index (χ3v) is 4.07. The Balaban J connectivity index is 1.47. The maximum absolute atomic E-state index is 5.97. The fourth-order valence-electron chi connectivity index (χ4n) is 2.82. The van der Waals surface area contributed by atoms with Gasteiger partial charge in [-0.2, -0.15) is 5.10 Å². The molecule has 4 rings (SSSR count). The molecular formula is C16H19N7O. The van der Waals surface area contributed by atoms with Crippen molar-refractivity contribution in [3.05, 3.63) is 36.5 Å². The fourth-order valence-corrected chi connectivity index (χ4v) is 2.82. The second-order valence-corrected chi connectivity index (χ2v) is 5.80. The summed E-state index contributed by atoms with van der Waals surface area (Å²) in [5, 5.41) is 11.7. The van der Waals surface area contributed by atoms with Gasteiger partial charge in [0.05, 0.1) is 23.8 Å². The molecule has 8 nitrogen and oxygen atoms in total. The van der Waals surface area contributed by atoms with Crippen LogP contribution < -0.4 is 15.4 Å². The Morgan fingerprint density at radius 3 is 3.21 bits per heavy atom. The molecule has 24 heavy (non-hydrogen) atoms. The predicted molar refractivity (Wildman–Crippen MR) is 89.8 cm³/mol. The molecule has 1 aliphatic rings. The number of pyridine rings is 1.